The van der Waals surface area contributed by atoms with Gasteiger partial charge in [0.15, 0.2) is 0 Å². The van der Waals surface area contributed by atoms with Gasteiger partial charge < -0.3 is 10.8 Å². The lowest BCUT2D eigenvalue weighted by molar-refractivity contribution is -0.136. The first-order valence-electron chi connectivity index (χ1n) is 8.25. The second-order valence-corrected chi connectivity index (χ2v) is 6.15. The lowest BCUT2D eigenvalue weighted by atomic mass is 9.99. The molecule has 7 heteroatoms. The van der Waals surface area contributed by atoms with Crippen LogP contribution in [0.25, 0.3) is 11.3 Å². The average Bonchev–Trinajstić information content (AvgIpc) is 2.62. The Bertz CT molecular complexity index is 1140. The van der Waals surface area contributed by atoms with Gasteiger partial charge in [0.1, 0.15) is 17.5 Å². The molecule has 0 aliphatic heterocycles. The zero-order chi connectivity index (χ0) is 20.4. The summed E-state index contributed by atoms with van der Waals surface area (Å²) in [6, 6.07) is 12.1. The maximum Gasteiger partial charge on any atom is 0.307 e. The first-order chi connectivity index (χ1) is 13.3. The number of aromatic nitrogens is 1. The maximum absolute atomic E-state index is 14.1. The second kappa shape index (κ2) is 7.48. The van der Waals surface area contributed by atoms with Gasteiger partial charge in [-0.15, -0.1) is 0 Å². The normalized spacial score (nSPS) is 10.6. The molecule has 3 aromatic rings. The predicted molar refractivity (Wildman–Crippen MR) is 102 cm³/mol. The summed E-state index contributed by atoms with van der Waals surface area (Å²) >= 11 is 0. The zero-order valence-corrected chi connectivity index (χ0v) is 14.7. The fourth-order valence-corrected chi connectivity index (χ4v) is 2.89. The van der Waals surface area contributed by atoms with Gasteiger partial charge in [-0.25, -0.2) is 8.78 Å². The highest BCUT2D eigenvalue weighted by atomic mass is 19.1. The van der Waals surface area contributed by atoms with Gasteiger partial charge in [-0.05, 0) is 41.5 Å². The number of nitrogen functional groups attached to an aromatic ring is 1. The Balaban J connectivity index is 2.06. The van der Waals surface area contributed by atoms with Crippen LogP contribution in [0.3, 0.4) is 0 Å². The Morgan fingerprint density at radius 2 is 1.68 bits per heavy atom. The van der Waals surface area contributed by atoms with Gasteiger partial charge in [0, 0.05) is 23.3 Å². The summed E-state index contributed by atoms with van der Waals surface area (Å²) in [6.45, 7) is 3.83. The number of carbonyl (C=O) groups is 1. The SMILES string of the molecule is C=C(c1ccc(F)cc1F)c1ccc(=O)n(-c2ccc(CC(=O)O)cc2)c1N. The van der Waals surface area contributed by atoms with E-state index in [1.165, 1.54) is 22.8 Å². The number of pyridine rings is 1. The highest BCUT2D eigenvalue weighted by molar-refractivity contribution is 5.83. The zero-order valence-electron chi connectivity index (χ0n) is 14.7. The largest absolute Gasteiger partial charge is 0.481 e. The van der Waals surface area contributed by atoms with Crippen LogP contribution < -0.4 is 11.3 Å². The van der Waals surface area contributed by atoms with Crippen LogP contribution >= 0.6 is 0 Å². The molecule has 0 atom stereocenters. The van der Waals surface area contributed by atoms with Gasteiger partial charge in [-0.2, -0.15) is 0 Å². The van der Waals surface area contributed by atoms with Crippen LogP contribution in [0.5, 0.6) is 0 Å². The van der Waals surface area contributed by atoms with Crippen molar-refractivity contribution in [1.29, 1.82) is 0 Å². The van der Waals surface area contributed by atoms with E-state index in [1.54, 1.807) is 24.3 Å². The smallest absolute Gasteiger partial charge is 0.307 e. The van der Waals surface area contributed by atoms with E-state index >= 15 is 0 Å². The molecule has 0 aliphatic rings. The molecule has 1 aromatic heterocycles. The van der Waals surface area contributed by atoms with Crippen molar-refractivity contribution in [2.75, 3.05) is 5.73 Å². The number of rotatable bonds is 5. The third kappa shape index (κ3) is 3.68. The van der Waals surface area contributed by atoms with Crippen molar-refractivity contribution in [2.45, 2.75) is 6.42 Å². The molecule has 0 saturated carbocycles. The molecular formula is C21H16F2N2O3. The Kier molecular flexibility index (Phi) is 5.08. The van der Waals surface area contributed by atoms with Crippen LogP contribution in [0.1, 0.15) is 16.7 Å². The van der Waals surface area contributed by atoms with E-state index in [2.05, 4.69) is 6.58 Å². The summed E-state index contributed by atoms with van der Waals surface area (Å²) in [4.78, 5) is 23.2. The quantitative estimate of drug-likeness (QED) is 0.708. The van der Waals surface area contributed by atoms with Gasteiger partial charge >= 0.3 is 5.97 Å². The minimum Gasteiger partial charge on any atom is -0.481 e. The van der Waals surface area contributed by atoms with Crippen molar-refractivity contribution in [3.8, 4) is 5.69 Å². The summed E-state index contributed by atoms with van der Waals surface area (Å²) in [5.74, 6) is -2.44. The van der Waals surface area contributed by atoms with Gasteiger partial charge in [0.05, 0.1) is 12.1 Å². The number of nitrogens with zero attached hydrogens (tertiary/aromatic N) is 1. The number of aliphatic carboxylic acids is 1. The number of benzene rings is 2. The van der Waals surface area contributed by atoms with Crippen LogP contribution in [-0.4, -0.2) is 15.6 Å². The fourth-order valence-electron chi connectivity index (χ4n) is 2.89. The Morgan fingerprint density at radius 1 is 1.04 bits per heavy atom. The number of hydrogen-bond donors (Lipinski definition) is 2. The van der Waals surface area contributed by atoms with Crippen molar-refractivity contribution in [3.63, 3.8) is 0 Å². The number of hydrogen-bond acceptors (Lipinski definition) is 3. The molecule has 2 aromatic carbocycles. The van der Waals surface area contributed by atoms with Crippen molar-refractivity contribution in [3.05, 3.63) is 99.9 Å². The molecule has 1 heterocycles. The van der Waals surface area contributed by atoms with Gasteiger partial charge in [-0.3, -0.25) is 14.2 Å². The van der Waals surface area contributed by atoms with Crippen LogP contribution in [0.15, 0.2) is 66.0 Å². The highest BCUT2D eigenvalue weighted by Crippen LogP contribution is 2.29. The summed E-state index contributed by atoms with van der Waals surface area (Å²) < 4.78 is 28.5. The summed E-state index contributed by atoms with van der Waals surface area (Å²) in [7, 11) is 0. The van der Waals surface area contributed by atoms with E-state index in [0.29, 0.717) is 16.8 Å². The standard InChI is InChI=1S/C21H16F2N2O3/c1-12(16-7-4-14(22)11-18(16)23)17-8-9-19(26)25(21(17)24)15-5-2-13(3-6-15)10-20(27)28/h2-9,11H,1,10,24H2,(H,27,28). The molecule has 0 amide bonds. The third-order valence-corrected chi connectivity index (χ3v) is 4.26. The Morgan fingerprint density at radius 3 is 2.29 bits per heavy atom. The lowest BCUT2D eigenvalue weighted by Gasteiger charge is -2.16. The molecule has 0 aliphatic carbocycles. The Hall–Kier alpha value is -3.74. The molecule has 0 unspecified atom stereocenters. The molecule has 142 valence electrons. The van der Waals surface area contributed by atoms with Crippen molar-refractivity contribution >= 4 is 17.4 Å². The number of carboxylic acids is 1. The van der Waals surface area contributed by atoms with Gasteiger partial charge in [0.25, 0.3) is 5.56 Å². The van der Waals surface area contributed by atoms with Gasteiger partial charge in [0.2, 0.25) is 0 Å². The molecule has 28 heavy (non-hydrogen) atoms. The van der Waals surface area contributed by atoms with E-state index in [1.807, 2.05) is 0 Å². The molecule has 3 N–H and O–H groups in total. The molecule has 0 radical (unpaired) electrons. The fraction of sp³-hybridized carbons (Fsp3) is 0.0476. The molecule has 0 saturated heterocycles. The minimum absolute atomic E-state index is 0.0345. The number of anilines is 1. The monoisotopic (exact) mass is 382 g/mol. The van der Waals surface area contributed by atoms with Crippen LogP contribution in [0.4, 0.5) is 14.6 Å². The number of carboxylic acid groups (broad SMARTS) is 1. The lowest BCUT2D eigenvalue weighted by Crippen LogP contribution is -2.21. The van der Waals surface area contributed by atoms with Crippen LogP contribution in [-0.2, 0) is 11.2 Å². The Labute approximate surface area is 159 Å². The molecular weight excluding hydrogens is 366 g/mol. The molecule has 3 rings (SSSR count). The minimum atomic E-state index is -0.968. The molecule has 0 bridgehead atoms. The van der Waals surface area contributed by atoms with E-state index in [-0.39, 0.29) is 23.4 Å². The molecule has 5 nitrogen and oxygen atoms in total. The first-order valence-corrected chi connectivity index (χ1v) is 8.25. The van der Waals surface area contributed by atoms with E-state index in [0.717, 1.165) is 12.1 Å². The van der Waals surface area contributed by atoms with Gasteiger partial charge in [-0.1, -0.05) is 18.7 Å². The first kappa shape index (κ1) is 19.0. The van der Waals surface area contributed by atoms with E-state index in [4.69, 9.17) is 10.8 Å². The number of nitrogens with two attached hydrogens (primary N) is 1. The third-order valence-electron chi connectivity index (χ3n) is 4.26. The summed E-state index contributed by atoms with van der Waals surface area (Å²) in [6.07, 6.45) is -0.147. The van der Waals surface area contributed by atoms with E-state index < -0.39 is 23.2 Å². The van der Waals surface area contributed by atoms with E-state index in [9.17, 15) is 18.4 Å². The topological polar surface area (TPSA) is 85.3 Å². The predicted octanol–water partition coefficient (Wildman–Crippen LogP) is 3.39. The summed E-state index contributed by atoms with van der Waals surface area (Å²) in [5.41, 5.74) is 7.32. The van der Waals surface area contributed by atoms with Crippen molar-refractivity contribution in [2.24, 2.45) is 0 Å². The van der Waals surface area contributed by atoms with Crippen molar-refractivity contribution < 1.29 is 18.7 Å². The van der Waals surface area contributed by atoms with Crippen LogP contribution in [0, 0.1) is 11.6 Å². The molecule has 0 fully saturated rings. The highest BCUT2D eigenvalue weighted by Gasteiger charge is 2.15. The summed E-state index contributed by atoms with van der Waals surface area (Å²) in [5, 5.41) is 8.85. The van der Waals surface area contributed by atoms with Crippen LogP contribution in [0.2, 0.25) is 0 Å². The maximum atomic E-state index is 14.1. The average molecular weight is 382 g/mol. The molecule has 0 spiro atoms. The van der Waals surface area contributed by atoms with Crippen molar-refractivity contribution in [1.82, 2.24) is 4.57 Å². The second-order valence-electron chi connectivity index (χ2n) is 6.15. The number of halogens is 2.